The van der Waals surface area contributed by atoms with Crippen molar-refractivity contribution >= 4 is 50.8 Å². The lowest BCUT2D eigenvalue weighted by molar-refractivity contribution is 0.262. The van der Waals surface area contributed by atoms with Gasteiger partial charge in [-0.15, -0.1) is 0 Å². The van der Waals surface area contributed by atoms with Crippen molar-refractivity contribution < 1.29 is 19.4 Å². The molecule has 5 aromatic rings. The first-order valence-corrected chi connectivity index (χ1v) is 10.9. The molecule has 10 heteroatoms. The molecular weight excluding hydrogens is 470 g/mol. The minimum absolute atomic E-state index is 0.0370. The maximum atomic E-state index is 12.5. The lowest BCUT2D eigenvalue weighted by Gasteiger charge is -2.12. The van der Waals surface area contributed by atoms with Crippen LogP contribution in [0.15, 0.2) is 67.1 Å². The zero-order valence-electron chi connectivity index (χ0n) is 18.7. The number of rotatable bonds is 5. The Labute approximate surface area is 204 Å². The fourth-order valence-electron chi connectivity index (χ4n) is 3.71. The number of nitrogens with zero attached hydrogens (tertiary/aromatic N) is 3. The Kier molecular flexibility index (Phi) is 5.76. The number of phenols is 1. The van der Waals surface area contributed by atoms with Gasteiger partial charge in [-0.1, -0.05) is 11.6 Å². The van der Waals surface area contributed by atoms with E-state index >= 15 is 0 Å². The zero-order valence-corrected chi connectivity index (χ0v) is 19.5. The van der Waals surface area contributed by atoms with Crippen LogP contribution in [0.2, 0.25) is 5.02 Å². The van der Waals surface area contributed by atoms with Gasteiger partial charge in [0.25, 0.3) is 0 Å². The smallest absolute Gasteiger partial charge is 0.323 e. The normalized spacial score (nSPS) is 10.9. The summed E-state index contributed by atoms with van der Waals surface area (Å²) in [6.45, 7) is 0. The molecule has 0 saturated heterocycles. The molecule has 9 nitrogen and oxygen atoms in total. The number of carbonyl (C=O) groups excluding carboxylic acids is 1. The van der Waals surface area contributed by atoms with E-state index in [0.29, 0.717) is 28.0 Å². The molecule has 0 spiro atoms. The molecule has 0 unspecified atom stereocenters. The van der Waals surface area contributed by atoms with Gasteiger partial charge in [0, 0.05) is 42.0 Å². The quantitative estimate of drug-likeness (QED) is 0.282. The van der Waals surface area contributed by atoms with Crippen LogP contribution >= 0.6 is 11.6 Å². The lowest BCUT2D eigenvalue weighted by Crippen LogP contribution is -2.19. The number of aromatic nitrogens is 3. The second kappa shape index (κ2) is 9.03. The van der Waals surface area contributed by atoms with Crippen LogP contribution in [0.1, 0.15) is 0 Å². The van der Waals surface area contributed by atoms with Gasteiger partial charge in [-0.25, -0.2) is 14.8 Å². The van der Waals surface area contributed by atoms with Crippen LogP contribution in [0.5, 0.6) is 23.1 Å². The predicted octanol–water partition coefficient (Wildman–Crippen LogP) is 5.93. The molecule has 0 radical (unpaired) electrons. The third kappa shape index (κ3) is 4.49. The van der Waals surface area contributed by atoms with E-state index in [-0.39, 0.29) is 22.4 Å². The van der Waals surface area contributed by atoms with E-state index in [1.165, 1.54) is 19.5 Å². The summed E-state index contributed by atoms with van der Waals surface area (Å²) < 4.78 is 13.1. The predicted molar refractivity (Wildman–Crippen MR) is 135 cm³/mol. The molecule has 0 aliphatic carbocycles. The molecule has 35 heavy (non-hydrogen) atoms. The number of ether oxygens (including phenoxy) is 2. The standard InChI is InChI=1S/C25H20ClN5O4/c1-31-8-7-14-9-15(3-6-21(14)31)29-25(33)30-19-5-4-16(10-18(19)26)35-24-17-11-23(34-2)22(32)12-20(17)27-13-28-24/h3-13,32H,1-2H3,(H2,29,30,33). The molecule has 176 valence electrons. The minimum atomic E-state index is -0.426. The number of phenolic OH excluding ortho intramolecular Hbond substituents is 1. The van der Waals surface area contributed by atoms with Gasteiger partial charge >= 0.3 is 6.03 Å². The van der Waals surface area contributed by atoms with Crippen LogP contribution in [-0.2, 0) is 7.05 Å². The highest BCUT2D eigenvalue weighted by Gasteiger charge is 2.13. The number of halogens is 1. The molecule has 2 aromatic heterocycles. The van der Waals surface area contributed by atoms with E-state index in [1.807, 2.05) is 42.1 Å². The van der Waals surface area contributed by atoms with Gasteiger partial charge in [-0.3, -0.25) is 0 Å². The van der Waals surface area contributed by atoms with Crippen molar-refractivity contribution in [1.82, 2.24) is 14.5 Å². The lowest BCUT2D eigenvalue weighted by atomic mass is 10.2. The highest BCUT2D eigenvalue weighted by molar-refractivity contribution is 6.34. The number of hydrogen-bond acceptors (Lipinski definition) is 6. The Balaban J connectivity index is 1.31. The van der Waals surface area contributed by atoms with Crippen LogP contribution < -0.4 is 20.1 Å². The summed E-state index contributed by atoms with van der Waals surface area (Å²) in [5, 5.41) is 17.4. The van der Waals surface area contributed by atoms with Gasteiger partial charge in [-0.2, -0.15) is 0 Å². The minimum Gasteiger partial charge on any atom is -0.504 e. The summed E-state index contributed by atoms with van der Waals surface area (Å²) in [5.74, 6) is 0.902. The van der Waals surface area contributed by atoms with Crippen LogP contribution in [0.3, 0.4) is 0 Å². The van der Waals surface area contributed by atoms with Crippen LogP contribution in [0.4, 0.5) is 16.2 Å². The Morgan fingerprint density at radius 3 is 2.71 bits per heavy atom. The number of benzene rings is 3. The topological polar surface area (TPSA) is 111 Å². The number of aromatic hydroxyl groups is 1. The van der Waals surface area contributed by atoms with Gasteiger partial charge < -0.3 is 29.8 Å². The Bertz CT molecular complexity index is 1580. The highest BCUT2D eigenvalue weighted by atomic mass is 35.5. The number of carbonyl (C=O) groups is 1. The number of nitrogens with one attached hydrogen (secondary N) is 2. The number of fused-ring (bicyclic) bond motifs is 2. The third-order valence-electron chi connectivity index (χ3n) is 5.45. The first kappa shape index (κ1) is 22.3. The highest BCUT2D eigenvalue weighted by Crippen LogP contribution is 2.36. The van der Waals surface area contributed by atoms with E-state index in [1.54, 1.807) is 24.3 Å². The summed E-state index contributed by atoms with van der Waals surface area (Å²) in [7, 11) is 3.42. The molecule has 0 atom stereocenters. The van der Waals surface area contributed by atoms with Crippen molar-refractivity contribution in [2.24, 2.45) is 7.05 Å². The molecule has 3 aromatic carbocycles. The fourth-order valence-corrected chi connectivity index (χ4v) is 3.93. The van der Waals surface area contributed by atoms with Gasteiger partial charge in [0.15, 0.2) is 11.5 Å². The molecule has 0 aliphatic heterocycles. The van der Waals surface area contributed by atoms with E-state index in [2.05, 4.69) is 20.6 Å². The van der Waals surface area contributed by atoms with Crippen LogP contribution in [0, 0.1) is 0 Å². The maximum absolute atomic E-state index is 12.5. The molecule has 0 bridgehead atoms. The van der Waals surface area contributed by atoms with Crippen molar-refractivity contribution in [1.29, 1.82) is 0 Å². The molecule has 0 saturated carbocycles. The number of urea groups is 1. The summed E-state index contributed by atoms with van der Waals surface area (Å²) in [6, 6.07) is 15.1. The average Bonchev–Trinajstić information content (AvgIpc) is 3.20. The van der Waals surface area contributed by atoms with Gasteiger partial charge in [0.05, 0.1) is 28.7 Å². The summed E-state index contributed by atoms with van der Waals surface area (Å²) in [4.78, 5) is 20.8. The second-order valence-corrected chi connectivity index (χ2v) is 8.15. The maximum Gasteiger partial charge on any atom is 0.323 e. The summed E-state index contributed by atoms with van der Waals surface area (Å²) in [5.41, 5.74) is 2.63. The van der Waals surface area contributed by atoms with Crippen LogP contribution in [0.25, 0.3) is 21.8 Å². The second-order valence-electron chi connectivity index (χ2n) is 7.74. The summed E-state index contributed by atoms with van der Waals surface area (Å²) >= 11 is 6.40. The number of amides is 2. The summed E-state index contributed by atoms with van der Waals surface area (Å²) in [6.07, 6.45) is 3.29. The number of aryl methyl sites for hydroxylation is 1. The molecule has 5 rings (SSSR count). The van der Waals surface area contributed by atoms with Crippen molar-refractivity contribution in [2.75, 3.05) is 17.7 Å². The first-order valence-electron chi connectivity index (χ1n) is 10.5. The Morgan fingerprint density at radius 2 is 1.91 bits per heavy atom. The SMILES string of the molecule is COc1cc2c(Oc3ccc(NC(=O)Nc4ccc5c(ccn5C)c4)c(Cl)c3)ncnc2cc1O. The fraction of sp³-hybridized carbons (Fsp3) is 0.0800. The zero-order chi connectivity index (χ0) is 24.5. The van der Waals surface area contributed by atoms with Crippen LogP contribution in [-0.4, -0.2) is 32.8 Å². The van der Waals surface area contributed by atoms with Crippen molar-refractivity contribution in [3.05, 3.63) is 72.1 Å². The molecule has 0 fully saturated rings. The molecule has 2 heterocycles. The third-order valence-corrected chi connectivity index (χ3v) is 5.76. The van der Waals surface area contributed by atoms with Gasteiger partial charge in [0.1, 0.15) is 12.1 Å². The largest absolute Gasteiger partial charge is 0.504 e. The first-order chi connectivity index (χ1) is 16.9. The average molecular weight is 490 g/mol. The van der Waals surface area contributed by atoms with E-state index < -0.39 is 6.03 Å². The Morgan fingerprint density at radius 1 is 1.06 bits per heavy atom. The van der Waals surface area contributed by atoms with Crippen molar-refractivity contribution in [3.8, 4) is 23.1 Å². The van der Waals surface area contributed by atoms with Crippen molar-refractivity contribution in [3.63, 3.8) is 0 Å². The van der Waals surface area contributed by atoms with Gasteiger partial charge in [0.2, 0.25) is 5.88 Å². The number of hydrogen-bond donors (Lipinski definition) is 3. The van der Waals surface area contributed by atoms with Crippen molar-refractivity contribution in [2.45, 2.75) is 0 Å². The number of methoxy groups -OCH3 is 1. The Hall–Kier alpha value is -4.50. The monoisotopic (exact) mass is 489 g/mol. The van der Waals surface area contributed by atoms with E-state index in [4.69, 9.17) is 21.1 Å². The number of anilines is 2. The molecule has 3 N–H and O–H groups in total. The molecule has 2 amide bonds. The van der Waals surface area contributed by atoms with Gasteiger partial charge in [-0.05, 0) is 42.5 Å². The molecule has 0 aliphatic rings. The molecular formula is C25H20ClN5O4. The van der Waals surface area contributed by atoms with E-state index in [0.717, 1.165) is 10.9 Å². The van der Waals surface area contributed by atoms with E-state index in [9.17, 15) is 9.90 Å².